The molecule has 0 aromatic rings. The average molecular weight is 314 g/mol. The molecule has 0 rings (SSSR count). The highest BCUT2D eigenvalue weighted by molar-refractivity contribution is 4.72. The maximum absolute atomic E-state index is 8.96. The maximum Gasteiger partial charge on any atom is 0.0373 e. The summed E-state index contributed by atoms with van der Waals surface area (Å²) in [5.41, 5.74) is 2.28. The first kappa shape index (κ1) is 21.9. The number of hydrogen-bond donors (Lipinski definition) is 2. The predicted molar refractivity (Wildman–Crippen MR) is 98.5 cm³/mol. The Labute approximate surface area is 140 Å². The lowest BCUT2D eigenvalue weighted by molar-refractivity contribution is 0.0749. The summed E-state index contributed by atoms with van der Waals surface area (Å²) < 4.78 is 0. The quantitative estimate of drug-likeness (QED) is 0.224. The molecule has 2 nitrogen and oxygen atoms in total. The van der Waals surface area contributed by atoms with Crippen LogP contribution in [0, 0.1) is 0 Å². The van der Waals surface area contributed by atoms with Crippen molar-refractivity contribution in [2.45, 2.75) is 129 Å². The zero-order chi connectivity index (χ0) is 16.5. The van der Waals surface area contributed by atoms with Crippen molar-refractivity contribution in [3.8, 4) is 0 Å². The molecule has 0 aromatic heterocycles. The van der Waals surface area contributed by atoms with Crippen molar-refractivity contribution in [2.24, 2.45) is 0 Å². The molecule has 0 saturated heterocycles. The molecule has 0 aliphatic rings. The molecular weight excluding hydrogens is 270 g/mol. The average Bonchev–Trinajstić information content (AvgIpc) is 2.51. The summed E-state index contributed by atoms with van der Waals surface area (Å²) in [6.45, 7) is 6.39. The van der Waals surface area contributed by atoms with E-state index in [1.165, 1.54) is 96.3 Å². The van der Waals surface area contributed by atoms with Gasteiger partial charge in [-0.15, -0.1) is 0 Å². The molecule has 0 amide bonds. The summed E-state index contributed by atoms with van der Waals surface area (Å²) in [6.07, 6.45) is 22.1. The van der Waals surface area contributed by atoms with E-state index in [1.54, 1.807) is 0 Å². The van der Waals surface area contributed by atoms with Crippen LogP contribution in [0.15, 0.2) is 0 Å². The number of hydroxylamine groups is 1. The maximum atomic E-state index is 8.96. The molecule has 0 saturated carbocycles. The van der Waals surface area contributed by atoms with Gasteiger partial charge in [0.15, 0.2) is 0 Å². The zero-order valence-corrected chi connectivity index (χ0v) is 15.8. The first-order valence-electron chi connectivity index (χ1n) is 10.0. The van der Waals surface area contributed by atoms with Crippen molar-refractivity contribution in [1.29, 1.82) is 0 Å². The summed E-state index contributed by atoms with van der Waals surface area (Å²) in [6, 6.07) is 0. The van der Waals surface area contributed by atoms with Crippen molar-refractivity contribution in [3.63, 3.8) is 0 Å². The lowest BCUT2D eigenvalue weighted by Crippen LogP contribution is -2.36. The Morgan fingerprint density at radius 2 is 0.909 bits per heavy atom. The minimum absolute atomic E-state index is 0.115. The number of hydrogen-bond acceptors (Lipinski definition) is 2. The lowest BCUT2D eigenvalue weighted by atomic mass is 9.97. The Hall–Kier alpha value is -0.0800. The third-order valence-electron chi connectivity index (χ3n) is 4.71. The third-order valence-corrected chi connectivity index (χ3v) is 4.71. The number of unbranched alkanes of at least 4 members (excludes halogenated alkanes) is 14. The molecule has 0 bridgehead atoms. The van der Waals surface area contributed by atoms with Crippen LogP contribution in [0.4, 0.5) is 0 Å². The molecule has 0 aliphatic carbocycles. The Morgan fingerprint density at radius 3 is 1.23 bits per heavy atom. The van der Waals surface area contributed by atoms with Gasteiger partial charge in [-0.1, -0.05) is 103 Å². The monoisotopic (exact) mass is 313 g/mol. The van der Waals surface area contributed by atoms with Crippen LogP contribution in [-0.4, -0.2) is 10.7 Å². The molecule has 22 heavy (non-hydrogen) atoms. The summed E-state index contributed by atoms with van der Waals surface area (Å²) in [5.74, 6) is 0. The smallest absolute Gasteiger partial charge is 0.0373 e. The third kappa shape index (κ3) is 16.3. The van der Waals surface area contributed by atoms with Gasteiger partial charge in [-0.2, -0.15) is 0 Å². The fourth-order valence-electron chi connectivity index (χ4n) is 2.99. The molecule has 0 aliphatic heterocycles. The van der Waals surface area contributed by atoms with Crippen LogP contribution in [0.25, 0.3) is 0 Å². The van der Waals surface area contributed by atoms with E-state index in [2.05, 4.69) is 26.3 Å². The Kier molecular flexibility index (Phi) is 15.7. The van der Waals surface area contributed by atoms with E-state index < -0.39 is 0 Å². The van der Waals surface area contributed by atoms with Crippen molar-refractivity contribution >= 4 is 0 Å². The summed E-state index contributed by atoms with van der Waals surface area (Å²) in [4.78, 5) is 0. The SMILES string of the molecule is CCCCCCCCCCCCCCCCCC(C)(C)NO. The van der Waals surface area contributed by atoms with Crippen LogP contribution in [-0.2, 0) is 0 Å². The molecule has 0 atom stereocenters. The Balaban J connectivity index is 3.06. The Bertz CT molecular complexity index is 216. The second-order valence-electron chi connectivity index (χ2n) is 7.70. The van der Waals surface area contributed by atoms with Crippen LogP contribution in [0.1, 0.15) is 124 Å². The summed E-state index contributed by atoms with van der Waals surface area (Å²) in [5, 5.41) is 8.96. The lowest BCUT2D eigenvalue weighted by Gasteiger charge is -2.21. The molecule has 134 valence electrons. The van der Waals surface area contributed by atoms with Gasteiger partial charge in [-0.3, -0.25) is 0 Å². The summed E-state index contributed by atoms with van der Waals surface area (Å²) >= 11 is 0. The molecule has 2 N–H and O–H groups in total. The van der Waals surface area contributed by atoms with Crippen LogP contribution in [0.5, 0.6) is 0 Å². The van der Waals surface area contributed by atoms with Crippen LogP contribution in [0.3, 0.4) is 0 Å². The van der Waals surface area contributed by atoms with Crippen LogP contribution < -0.4 is 5.48 Å². The molecular formula is C20H43NO. The normalized spacial score (nSPS) is 12.0. The second-order valence-corrected chi connectivity index (χ2v) is 7.70. The molecule has 0 heterocycles. The van der Waals surface area contributed by atoms with Crippen molar-refractivity contribution in [2.75, 3.05) is 0 Å². The van der Waals surface area contributed by atoms with E-state index in [0.717, 1.165) is 6.42 Å². The van der Waals surface area contributed by atoms with E-state index in [9.17, 15) is 0 Å². The number of rotatable bonds is 17. The molecule has 0 unspecified atom stereocenters. The summed E-state index contributed by atoms with van der Waals surface area (Å²) in [7, 11) is 0. The van der Waals surface area contributed by atoms with Gasteiger partial charge in [0.25, 0.3) is 0 Å². The van der Waals surface area contributed by atoms with E-state index in [-0.39, 0.29) is 5.54 Å². The van der Waals surface area contributed by atoms with Crippen molar-refractivity contribution in [1.82, 2.24) is 5.48 Å². The van der Waals surface area contributed by atoms with E-state index in [0.29, 0.717) is 0 Å². The topological polar surface area (TPSA) is 32.3 Å². The van der Waals surface area contributed by atoms with E-state index in [1.807, 2.05) is 0 Å². The first-order chi connectivity index (χ1) is 10.6. The minimum atomic E-state index is -0.115. The minimum Gasteiger partial charge on any atom is -0.316 e. The van der Waals surface area contributed by atoms with Gasteiger partial charge in [0.2, 0.25) is 0 Å². The first-order valence-corrected chi connectivity index (χ1v) is 10.0. The van der Waals surface area contributed by atoms with E-state index >= 15 is 0 Å². The van der Waals surface area contributed by atoms with Gasteiger partial charge in [0.05, 0.1) is 0 Å². The zero-order valence-electron chi connectivity index (χ0n) is 15.8. The van der Waals surface area contributed by atoms with Gasteiger partial charge in [0.1, 0.15) is 0 Å². The standard InChI is InChI=1S/C20H43NO/c1-4-5-6-7-8-9-10-11-12-13-14-15-16-17-18-19-20(2,3)21-22/h21-22H,4-19H2,1-3H3. The fourth-order valence-corrected chi connectivity index (χ4v) is 2.99. The van der Waals surface area contributed by atoms with Gasteiger partial charge in [-0.05, 0) is 20.3 Å². The number of nitrogens with one attached hydrogen (secondary N) is 1. The Morgan fingerprint density at radius 1 is 0.591 bits per heavy atom. The molecule has 0 radical (unpaired) electrons. The van der Waals surface area contributed by atoms with Gasteiger partial charge in [-0.25, -0.2) is 5.48 Å². The highest BCUT2D eigenvalue weighted by Gasteiger charge is 2.14. The molecule has 0 fully saturated rings. The fraction of sp³-hybridized carbons (Fsp3) is 1.00. The van der Waals surface area contributed by atoms with Crippen molar-refractivity contribution in [3.05, 3.63) is 0 Å². The van der Waals surface area contributed by atoms with Crippen molar-refractivity contribution < 1.29 is 5.21 Å². The van der Waals surface area contributed by atoms with Crippen LogP contribution in [0.2, 0.25) is 0 Å². The van der Waals surface area contributed by atoms with Gasteiger partial charge in [0, 0.05) is 5.54 Å². The van der Waals surface area contributed by atoms with E-state index in [4.69, 9.17) is 5.21 Å². The van der Waals surface area contributed by atoms with Gasteiger partial charge >= 0.3 is 0 Å². The molecule has 0 aromatic carbocycles. The highest BCUT2D eigenvalue weighted by Crippen LogP contribution is 2.16. The predicted octanol–water partition coefficient (Wildman–Crippen LogP) is 7.01. The van der Waals surface area contributed by atoms with Gasteiger partial charge < -0.3 is 5.21 Å². The molecule has 0 spiro atoms. The highest BCUT2D eigenvalue weighted by atomic mass is 16.5. The largest absolute Gasteiger partial charge is 0.316 e. The molecule has 2 heteroatoms. The van der Waals surface area contributed by atoms with Crippen LogP contribution >= 0.6 is 0 Å². The second kappa shape index (κ2) is 15.8.